The highest BCUT2D eigenvalue weighted by molar-refractivity contribution is 6.43. The zero-order valence-electron chi connectivity index (χ0n) is 16.4. The minimum absolute atomic E-state index is 0.0765. The number of amides is 4. The average molecular weight is 460 g/mol. The molecule has 2 aliphatic heterocycles. The third kappa shape index (κ3) is 4.29. The van der Waals surface area contributed by atoms with Gasteiger partial charge in [0, 0.05) is 24.7 Å². The Morgan fingerprint density at radius 1 is 0.935 bits per heavy atom. The van der Waals surface area contributed by atoms with Crippen LogP contribution in [-0.2, 0) is 9.59 Å². The molecule has 2 heterocycles. The van der Waals surface area contributed by atoms with E-state index in [2.05, 4.69) is 5.32 Å². The predicted octanol–water partition coefficient (Wildman–Crippen LogP) is 3.47. The zero-order chi connectivity index (χ0) is 22.1. The van der Waals surface area contributed by atoms with Gasteiger partial charge < -0.3 is 10.2 Å². The molecule has 2 aromatic carbocycles. The van der Waals surface area contributed by atoms with Gasteiger partial charge in [-0.15, -0.1) is 0 Å². The molecule has 0 aromatic heterocycles. The Kier molecular flexibility index (Phi) is 5.98. The van der Waals surface area contributed by atoms with E-state index in [0.717, 1.165) is 10.6 Å². The van der Waals surface area contributed by atoms with Gasteiger partial charge in [-0.2, -0.15) is 0 Å². The number of nitrogens with zero attached hydrogens (tertiary/aromatic N) is 2. The monoisotopic (exact) mass is 459 g/mol. The molecule has 1 fully saturated rings. The van der Waals surface area contributed by atoms with E-state index in [1.807, 2.05) is 30.3 Å². The van der Waals surface area contributed by atoms with Crippen LogP contribution in [-0.4, -0.2) is 53.1 Å². The standard InChI is InChI=1S/C22H19Cl2N3O4/c23-17-10-15-16(11-18(17)24)22(31)27(21(15)30)12-19(28)26-8-6-13(7-9-26)20(29)25-14-4-2-1-3-5-14/h1-5,10-11,13H,6-9,12H2,(H,25,29). The van der Waals surface area contributed by atoms with Crippen molar-refractivity contribution >= 4 is 52.5 Å². The van der Waals surface area contributed by atoms with E-state index in [4.69, 9.17) is 23.2 Å². The summed E-state index contributed by atoms with van der Waals surface area (Å²) in [6.07, 6.45) is 1.02. The highest BCUT2D eigenvalue weighted by Crippen LogP contribution is 2.31. The van der Waals surface area contributed by atoms with Crippen LogP contribution in [0, 0.1) is 5.92 Å². The number of hydrogen-bond acceptors (Lipinski definition) is 4. The van der Waals surface area contributed by atoms with Crippen molar-refractivity contribution in [1.29, 1.82) is 0 Å². The van der Waals surface area contributed by atoms with Gasteiger partial charge in [-0.3, -0.25) is 24.1 Å². The van der Waals surface area contributed by atoms with Crippen LogP contribution < -0.4 is 5.32 Å². The number of likely N-dealkylation sites (tertiary alicyclic amines) is 1. The fraction of sp³-hybridized carbons (Fsp3) is 0.273. The quantitative estimate of drug-likeness (QED) is 0.709. The zero-order valence-corrected chi connectivity index (χ0v) is 17.9. The second kappa shape index (κ2) is 8.69. The van der Waals surface area contributed by atoms with E-state index < -0.39 is 11.8 Å². The highest BCUT2D eigenvalue weighted by Gasteiger charge is 2.38. The summed E-state index contributed by atoms with van der Waals surface area (Å²) < 4.78 is 0. The van der Waals surface area contributed by atoms with Crippen molar-refractivity contribution < 1.29 is 19.2 Å². The second-order valence-electron chi connectivity index (χ2n) is 7.52. The lowest BCUT2D eigenvalue weighted by Gasteiger charge is -2.32. The largest absolute Gasteiger partial charge is 0.341 e. The number of halogens is 2. The van der Waals surface area contributed by atoms with Crippen LogP contribution >= 0.6 is 23.2 Å². The maximum Gasteiger partial charge on any atom is 0.262 e. The predicted molar refractivity (Wildman–Crippen MR) is 116 cm³/mol. The molecule has 0 aliphatic carbocycles. The van der Waals surface area contributed by atoms with Crippen LogP contribution in [0.15, 0.2) is 42.5 Å². The van der Waals surface area contributed by atoms with Crippen molar-refractivity contribution in [2.75, 3.05) is 25.0 Å². The number of benzene rings is 2. The van der Waals surface area contributed by atoms with Crippen molar-refractivity contribution in [1.82, 2.24) is 9.80 Å². The summed E-state index contributed by atoms with van der Waals surface area (Å²) in [6, 6.07) is 11.9. The Morgan fingerprint density at radius 2 is 1.48 bits per heavy atom. The van der Waals surface area contributed by atoms with Gasteiger partial charge in [0.25, 0.3) is 11.8 Å². The lowest BCUT2D eigenvalue weighted by Crippen LogP contribution is -2.46. The molecule has 2 aliphatic rings. The fourth-order valence-electron chi connectivity index (χ4n) is 3.82. The van der Waals surface area contributed by atoms with Crippen LogP contribution in [0.4, 0.5) is 5.69 Å². The van der Waals surface area contributed by atoms with Crippen LogP contribution in [0.1, 0.15) is 33.6 Å². The number of imide groups is 1. The lowest BCUT2D eigenvalue weighted by molar-refractivity contribution is -0.134. The number of piperidine rings is 1. The van der Waals surface area contributed by atoms with Crippen LogP contribution in [0.2, 0.25) is 10.0 Å². The van der Waals surface area contributed by atoms with E-state index in [-0.39, 0.29) is 45.4 Å². The van der Waals surface area contributed by atoms with Crippen LogP contribution in [0.3, 0.4) is 0 Å². The minimum atomic E-state index is -0.566. The number of carbonyl (C=O) groups excluding carboxylic acids is 4. The average Bonchev–Trinajstić information content (AvgIpc) is 2.99. The number of anilines is 1. The van der Waals surface area contributed by atoms with Gasteiger partial charge >= 0.3 is 0 Å². The van der Waals surface area contributed by atoms with Gasteiger partial charge in [-0.1, -0.05) is 41.4 Å². The normalized spacial score (nSPS) is 16.5. The summed E-state index contributed by atoms with van der Waals surface area (Å²) in [6.45, 7) is 0.404. The Hall–Kier alpha value is -2.90. The van der Waals surface area contributed by atoms with E-state index in [1.165, 1.54) is 12.1 Å². The Bertz CT molecular complexity index is 1020. The topological polar surface area (TPSA) is 86.8 Å². The maximum atomic E-state index is 12.7. The summed E-state index contributed by atoms with van der Waals surface area (Å²) in [5.41, 5.74) is 1.02. The number of nitrogens with one attached hydrogen (secondary N) is 1. The van der Waals surface area contributed by atoms with Crippen molar-refractivity contribution in [3.63, 3.8) is 0 Å². The molecule has 160 valence electrons. The molecule has 1 saturated heterocycles. The summed E-state index contributed by atoms with van der Waals surface area (Å²) in [5, 5.41) is 3.23. The number of hydrogen-bond donors (Lipinski definition) is 1. The molecule has 7 nitrogen and oxygen atoms in total. The third-order valence-corrected chi connectivity index (χ3v) is 6.29. The van der Waals surface area contributed by atoms with Gasteiger partial charge in [0.1, 0.15) is 6.54 Å². The molecule has 0 saturated carbocycles. The minimum Gasteiger partial charge on any atom is -0.341 e. The molecule has 0 spiro atoms. The smallest absolute Gasteiger partial charge is 0.262 e. The highest BCUT2D eigenvalue weighted by atomic mass is 35.5. The summed E-state index contributed by atoms with van der Waals surface area (Å²) >= 11 is 11.9. The summed E-state index contributed by atoms with van der Waals surface area (Å²) in [7, 11) is 0. The Balaban J connectivity index is 1.34. The van der Waals surface area contributed by atoms with Gasteiger partial charge in [0.2, 0.25) is 11.8 Å². The molecule has 9 heteroatoms. The molecular formula is C22H19Cl2N3O4. The first-order valence-corrected chi connectivity index (χ1v) is 10.6. The van der Waals surface area contributed by atoms with E-state index in [9.17, 15) is 19.2 Å². The summed E-state index contributed by atoms with van der Waals surface area (Å²) in [4.78, 5) is 52.8. The van der Waals surface area contributed by atoms with E-state index in [0.29, 0.717) is 25.9 Å². The van der Waals surface area contributed by atoms with Gasteiger partial charge in [-0.05, 0) is 37.1 Å². The van der Waals surface area contributed by atoms with Crippen LogP contribution in [0.25, 0.3) is 0 Å². The first kappa shape index (κ1) is 21.3. The van der Waals surface area contributed by atoms with Gasteiger partial charge in [0.05, 0.1) is 21.2 Å². The van der Waals surface area contributed by atoms with Gasteiger partial charge in [0.15, 0.2) is 0 Å². The molecule has 4 rings (SSSR count). The molecule has 1 N–H and O–H groups in total. The SMILES string of the molecule is O=C(Nc1ccccc1)C1CCN(C(=O)CN2C(=O)c3cc(Cl)c(Cl)cc3C2=O)CC1. The Morgan fingerprint density at radius 3 is 2.03 bits per heavy atom. The number of para-hydroxylation sites is 1. The van der Waals surface area contributed by atoms with Crippen molar-refractivity contribution in [2.45, 2.75) is 12.8 Å². The van der Waals surface area contributed by atoms with Crippen molar-refractivity contribution in [2.24, 2.45) is 5.92 Å². The molecule has 2 aromatic rings. The first-order valence-electron chi connectivity index (χ1n) is 9.84. The molecule has 31 heavy (non-hydrogen) atoms. The fourth-order valence-corrected chi connectivity index (χ4v) is 4.15. The lowest BCUT2D eigenvalue weighted by atomic mass is 9.95. The number of fused-ring (bicyclic) bond motifs is 1. The maximum absolute atomic E-state index is 12.7. The third-order valence-electron chi connectivity index (χ3n) is 5.56. The van der Waals surface area contributed by atoms with E-state index >= 15 is 0 Å². The number of rotatable bonds is 4. The molecule has 0 bridgehead atoms. The molecule has 4 amide bonds. The Labute approximate surface area is 188 Å². The number of carbonyl (C=O) groups is 4. The second-order valence-corrected chi connectivity index (χ2v) is 8.33. The van der Waals surface area contributed by atoms with Crippen molar-refractivity contribution in [3.8, 4) is 0 Å². The molecule has 0 radical (unpaired) electrons. The van der Waals surface area contributed by atoms with Crippen molar-refractivity contribution in [3.05, 3.63) is 63.6 Å². The molecule has 0 unspecified atom stereocenters. The van der Waals surface area contributed by atoms with Crippen LogP contribution in [0.5, 0.6) is 0 Å². The van der Waals surface area contributed by atoms with Gasteiger partial charge in [-0.25, -0.2) is 0 Å². The first-order chi connectivity index (χ1) is 14.8. The molecule has 0 atom stereocenters. The molecular weight excluding hydrogens is 441 g/mol. The summed E-state index contributed by atoms with van der Waals surface area (Å²) in [5.74, 6) is -1.75. The van der Waals surface area contributed by atoms with E-state index in [1.54, 1.807) is 4.90 Å².